The zero-order valence-electron chi connectivity index (χ0n) is 69.1. The van der Waals surface area contributed by atoms with Gasteiger partial charge in [-0.15, -0.1) is 0 Å². The fourth-order valence-electron chi connectivity index (χ4n) is 18.6. The molecule has 0 radical (unpaired) electrons. The Morgan fingerprint density at radius 2 is 0.821 bits per heavy atom. The molecular weight excluding hydrogens is 1590 g/mol. The fraction of sp³-hybridized carbons (Fsp3) is 0.296. The van der Waals surface area contributed by atoms with E-state index in [4.69, 9.17) is 44.1 Å². The van der Waals surface area contributed by atoms with Crippen LogP contribution in [-0.4, -0.2) is 115 Å². The minimum atomic E-state index is -0.881. The smallest absolute Gasteiger partial charge is 0.495 e. The highest BCUT2D eigenvalue weighted by Crippen LogP contribution is 2.68. The van der Waals surface area contributed by atoms with E-state index in [9.17, 15) is 51.5 Å². The number of Topliss-reactive ketones (excluding diaryl/α,β-unsaturated/α-hetero) is 3. The predicted octanol–water partition coefficient (Wildman–Crippen LogP) is 20.4. The van der Waals surface area contributed by atoms with E-state index in [-0.39, 0.29) is 98.2 Å². The molecule has 123 heavy (non-hydrogen) atoms. The molecule has 10 fully saturated rings. The van der Waals surface area contributed by atoms with Gasteiger partial charge in [-0.3, -0.25) is 43.3 Å². The van der Waals surface area contributed by atoms with Crippen molar-refractivity contribution in [3.05, 3.63) is 249 Å². The van der Waals surface area contributed by atoms with Crippen LogP contribution in [0.25, 0.3) is 107 Å². The summed E-state index contributed by atoms with van der Waals surface area (Å²) in [6.07, 6.45) is 19.5. The second-order valence-corrected chi connectivity index (χ2v) is 34.1. The Balaban J connectivity index is 0.000000127. The van der Waals surface area contributed by atoms with E-state index in [0.717, 1.165) is 69.7 Å². The Morgan fingerprint density at radius 1 is 0.472 bits per heavy atom. The highest BCUT2D eigenvalue weighted by molar-refractivity contribution is 6.54. The Hall–Kier alpha value is -12.7. The number of hydrogen-bond acceptors (Lipinski definition) is 17. The van der Waals surface area contributed by atoms with Crippen LogP contribution < -0.4 is 16.0 Å². The first kappa shape index (κ1) is 84.0. The third-order valence-electron chi connectivity index (χ3n) is 24.8. The van der Waals surface area contributed by atoms with Crippen molar-refractivity contribution < 1.29 is 74.1 Å². The summed E-state index contributed by atoms with van der Waals surface area (Å²) in [5.41, 5.74) is 12.6. The second-order valence-electron chi connectivity index (χ2n) is 33.7. The lowest BCUT2D eigenvalue weighted by Crippen LogP contribution is -2.52. The van der Waals surface area contributed by atoms with Crippen LogP contribution in [0.4, 0.5) is 13.2 Å². The normalized spacial score (nSPS) is 20.1. The van der Waals surface area contributed by atoms with E-state index in [0.29, 0.717) is 109 Å². The van der Waals surface area contributed by atoms with Crippen molar-refractivity contribution in [2.45, 2.75) is 111 Å². The molecule has 6 aromatic carbocycles. The summed E-state index contributed by atoms with van der Waals surface area (Å²) in [4.78, 5) is 116. The number of furan rings is 3. The number of fused-ring (bicyclic) bond motifs is 3. The number of amides is 3. The van der Waals surface area contributed by atoms with Gasteiger partial charge in [0.25, 0.3) is 17.7 Å². The number of carbonyl (C=O) groups is 8. The SMILES string of the molecule is C/C=C/B1OC(=O)CN(C)CC(=O)O1.C/C=C/c1nc2oc(-c3ccc(F)cc3)c(C(=O)NC)c2cc1-c1cccc(C(=O)CC23CC(C2)C3)c1.CCCc1nc2oc(-c3ccc(F)cc3)c(C(=O)NC)c2cc1-c1cccc(C(=O)CC23CC(C2)C3)c1.CNC(=O)c1c(-c2ccc(F)cc2)oc2nc(Cl)c(-c3cccc(C(=O)CC45CC(C4)C5)c3)cc12. The monoisotopic (exact) mass is 1680 g/mol. The number of nitrogens with one attached hydrogen (secondary N) is 3. The van der Waals surface area contributed by atoms with Gasteiger partial charge in [0, 0.05) is 90.5 Å². The predicted molar refractivity (Wildman–Crippen MR) is 465 cm³/mol. The molecule has 25 heteroatoms. The Morgan fingerprint density at radius 3 is 1.17 bits per heavy atom. The number of ketones is 3. The lowest BCUT2D eigenvalue weighted by molar-refractivity contribution is -0.145. The van der Waals surface area contributed by atoms with Crippen LogP contribution >= 0.6 is 11.6 Å². The quantitative estimate of drug-likeness (QED) is 0.0323. The van der Waals surface area contributed by atoms with E-state index in [1.54, 1.807) is 76.6 Å². The van der Waals surface area contributed by atoms with Crippen LogP contribution in [0, 0.1) is 51.5 Å². The first-order chi connectivity index (χ1) is 59.3. The molecule has 20 nitrogen and oxygen atoms in total. The van der Waals surface area contributed by atoms with Crippen LogP contribution in [0.2, 0.25) is 5.15 Å². The van der Waals surface area contributed by atoms with Gasteiger partial charge in [-0.05, 0) is 257 Å². The maximum Gasteiger partial charge on any atom is 0.628 e. The molecule has 7 heterocycles. The molecule has 626 valence electrons. The molecule has 3 amide bonds. The minimum absolute atomic E-state index is 0.100. The van der Waals surface area contributed by atoms with Crippen LogP contribution in [0.15, 0.2) is 195 Å². The van der Waals surface area contributed by atoms with E-state index >= 15 is 0 Å². The summed E-state index contributed by atoms with van der Waals surface area (Å²) < 4.78 is 68.5. The molecule has 0 unspecified atom stereocenters. The first-order valence-electron chi connectivity index (χ1n) is 41.5. The number of allylic oxidation sites excluding steroid dienone is 2. The summed E-state index contributed by atoms with van der Waals surface area (Å²) >= 11 is 6.55. The number of pyridine rings is 3. The number of nitrogens with zero attached hydrogens (tertiary/aromatic N) is 4. The highest BCUT2D eigenvalue weighted by Gasteiger charge is 2.58. The molecule has 1 saturated heterocycles. The van der Waals surface area contributed by atoms with Gasteiger partial charge < -0.3 is 38.5 Å². The maximum atomic E-state index is 13.6. The van der Waals surface area contributed by atoms with E-state index in [1.165, 1.54) is 112 Å². The van der Waals surface area contributed by atoms with E-state index in [1.807, 2.05) is 104 Å². The van der Waals surface area contributed by atoms with E-state index < -0.39 is 24.9 Å². The average molecular weight is 1680 g/mol. The third kappa shape index (κ3) is 17.2. The second kappa shape index (κ2) is 34.7. The number of carbonyl (C=O) groups excluding carboxylic acids is 8. The zero-order chi connectivity index (χ0) is 86.3. The lowest BCUT2D eigenvalue weighted by Gasteiger charge is -2.62. The van der Waals surface area contributed by atoms with Gasteiger partial charge in [-0.25, -0.2) is 28.1 Å². The number of hydrogen-bond donors (Lipinski definition) is 3. The minimum Gasteiger partial charge on any atom is -0.495 e. The van der Waals surface area contributed by atoms with Crippen molar-refractivity contribution in [2.75, 3.05) is 41.3 Å². The average Bonchev–Trinajstić information content (AvgIpc) is 1.71. The van der Waals surface area contributed by atoms with Crippen molar-refractivity contribution in [1.29, 1.82) is 0 Å². The molecule has 9 saturated carbocycles. The molecule has 3 N–H and O–H groups in total. The van der Waals surface area contributed by atoms with Gasteiger partial charge in [0.2, 0.25) is 17.1 Å². The third-order valence-corrected chi connectivity index (χ3v) is 25.1. The topological polar surface area (TPSA) is 272 Å². The molecule has 6 aromatic heterocycles. The zero-order valence-corrected chi connectivity index (χ0v) is 69.9. The maximum absolute atomic E-state index is 13.6. The summed E-state index contributed by atoms with van der Waals surface area (Å²) in [5.74, 6) is 2.57. The van der Waals surface area contributed by atoms with Gasteiger partial charge >= 0.3 is 19.1 Å². The summed E-state index contributed by atoms with van der Waals surface area (Å²) in [7, 11) is 5.42. The highest BCUT2D eigenvalue weighted by atomic mass is 35.5. The number of aromatic nitrogens is 3. The van der Waals surface area contributed by atoms with Gasteiger partial charge in [0.05, 0.1) is 57.3 Å². The van der Waals surface area contributed by atoms with Gasteiger partial charge in [-0.2, -0.15) is 0 Å². The molecule has 0 atom stereocenters. The van der Waals surface area contributed by atoms with Gasteiger partial charge in [-0.1, -0.05) is 91.7 Å². The first-order valence-corrected chi connectivity index (χ1v) is 41.9. The Labute approximate surface area is 713 Å². The van der Waals surface area contributed by atoms with Crippen molar-refractivity contribution in [3.8, 4) is 67.4 Å². The van der Waals surface area contributed by atoms with Gasteiger partial charge in [0.15, 0.2) is 17.3 Å². The van der Waals surface area contributed by atoms with Crippen LogP contribution in [0.5, 0.6) is 0 Å². The molecule has 0 spiro atoms. The Bertz CT molecular complexity index is 6220. The number of aryl methyl sites for hydroxylation is 1. The summed E-state index contributed by atoms with van der Waals surface area (Å²) in [6, 6.07) is 45.7. The number of rotatable bonds is 22. The number of likely N-dealkylation sites (N-methyl/N-ethyl adjacent to an activating group) is 1. The van der Waals surface area contributed by atoms with Gasteiger partial charge in [0.1, 0.15) is 39.9 Å². The molecular formula is C98H90BClF3N7O13. The largest absolute Gasteiger partial charge is 0.628 e. The van der Waals surface area contributed by atoms with Crippen molar-refractivity contribution in [1.82, 2.24) is 35.8 Å². The van der Waals surface area contributed by atoms with Crippen LogP contribution in [0.3, 0.4) is 0 Å². The standard InChI is InChI=1S/C31H29FN2O3.C31H27FN2O3.C28H22ClFN2O3.C8H12BNO4/c2*1-3-5-25-23(20-6-4-7-21(12-20)26(35)17-31-14-18(15-31)16-31)13-24-27(29(36)33-2)28(37-30(24)34-25)19-8-10-22(32)11-9-19;1-31-26(34)23-21-10-20(25(29)32-27(21)35-24(23)16-5-7-19(30)8-6-16)17-3-2-4-18(9-17)22(33)14-28-11-15(12-28)13-28;1-3-4-9-13-7(11)5-10(2)6-8(12)14-9/h4,6-13,18H,3,5,14-17H2,1-2H3,(H,33,36);3-13,18H,14-17H2,1-2H3,(H,33,36);2-10,15H,11-14H2,1H3,(H,31,34);3-4H,5-6H2,1-2H3/b;5-3+;;4-3+. The fourth-order valence-corrected chi connectivity index (χ4v) is 18.8. The molecule has 6 bridgehead atoms. The van der Waals surface area contributed by atoms with Crippen LogP contribution in [0.1, 0.15) is 178 Å². The summed E-state index contributed by atoms with van der Waals surface area (Å²) in [5, 5.41) is 9.82. The molecule has 9 aliphatic carbocycles. The number of benzene rings is 6. The van der Waals surface area contributed by atoms with E-state index in [2.05, 4.69) is 27.9 Å². The van der Waals surface area contributed by atoms with Crippen molar-refractivity contribution in [3.63, 3.8) is 0 Å². The molecule has 1 aliphatic heterocycles. The Kier molecular flexibility index (Phi) is 23.7. The molecule has 12 aromatic rings. The number of halogens is 4. The van der Waals surface area contributed by atoms with Crippen LogP contribution in [-0.2, 0) is 25.3 Å². The van der Waals surface area contributed by atoms with Crippen molar-refractivity contribution >= 4 is 105 Å². The van der Waals surface area contributed by atoms with Crippen molar-refractivity contribution in [2.24, 2.45) is 34.0 Å². The molecule has 10 aliphatic rings. The lowest BCUT2D eigenvalue weighted by atomic mass is 9.43. The molecule has 22 rings (SSSR count). The summed E-state index contributed by atoms with van der Waals surface area (Å²) in [6.45, 7) is 5.95.